The van der Waals surface area contributed by atoms with Crippen LogP contribution < -0.4 is 4.90 Å². The lowest BCUT2D eigenvalue weighted by molar-refractivity contribution is -0.137. The van der Waals surface area contributed by atoms with Crippen LogP contribution in [-0.2, 0) is 29.5 Å². The van der Waals surface area contributed by atoms with Gasteiger partial charge in [-0.15, -0.1) is 0 Å². The molecule has 0 aliphatic carbocycles. The Morgan fingerprint density at radius 3 is 2.79 bits per heavy atom. The van der Waals surface area contributed by atoms with Crippen molar-refractivity contribution in [2.45, 2.75) is 25.7 Å². The van der Waals surface area contributed by atoms with Gasteiger partial charge >= 0.3 is 5.97 Å². The lowest BCUT2D eigenvalue weighted by Crippen LogP contribution is -2.41. The number of carboxylic acids is 1. The van der Waals surface area contributed by atoms with Crippen LogP contribution in [0.1, 0.15) is 24.1 Å². The number of nitrogens with zero attached hydrogens (tertiary/aromatic N) is 3. The van der Waals surface area contributed by atoms with Crippen molar-refractivity contribution < 1.29 is 14.7 Å². The van der Waals surface area contributed by atoms with Crippen LogP contribution in [-0.4, -0.2) is 33.3 Å². The highest BCUT2D eigenvalue weighted by atomic mass is 16.4. The number of carboxylic acid groups (broad SMARTS) is 1. The molecule has 1 N–H and O–H groups in total. The third-order valence-corrected chi connectivity index (χ3v) is 4.40. The molecular weight excluding hydrogens is 306 g/mol. The van der Waals surface area contributed by atoms with Gasteiger partial charge in [0.25, 0.3) is 0 Å². The van der Waals surface area contributed by atoms with Gasteiger partial charge in [0.15, 0.2) is 0 Å². The maximum Gasteiger partial charge on any atom is 0.303 e. The van der Waals surface area contributed by atoms with Crippen LogP contribution >= 0.6 is 0 Å². The first-order valence-corrected chi connectivity index (χ1v) is 8.11. The molecule has 1 unspecified atom stereocenters. The van der Waals surface area contributed by atoms with E-state index in [0.717, 1.165) is 23.4 Å². The molecule has 0 saturated heterocycles. The van der Waals surface area contributed by atoms with Gasteiger partial charge in [-0.1, -0.05) is 18.2 Å². The molecule has 2 heterocycles. The van der Waals surface area contributed by atoms with E-state index in [1.807, 2.05) is 43.6 Å². The van der Waals surface area contributed by atoms with Gasteiger partial charge in [-0.2, -0.15) is 5.10 Å². The Hall–Kier alpha value is -2.63. The molecular formula is C18H21N3O3. The molecule has 1 aromatic heterocycles. The number of carbonyl (C=O) groups is 2. The molecule has 24 heavy (non-hydrogen) atoms. The molecule has 126 valence electrons. The molecule has 0 spiro atoms. The number of aromatic nitrogens is 2. The zero-order valence-corrected chi connectivity index (χ0v) is 13.7. The van der Waals surface area contributed by atoms with Crippen molar-refractivity contribution in [3.8, 4) is 0 Å². The van der Waals surface area contributed by atoms with E-state index in [1.165, 1.54) is 0 Å². The van der Waals surface area contributed by atoms with Gasteiger partial charge in [0.1, 0.15) is 0 Å². The van der Waals surface area contributed by atoms with Crippen LogP contribution in [0.25, 0.3) is 0 Å². The average molecular weight is 327 g/mol. The number of para-hydroxylation sites is 1. The smallest absolute Gasteiger partial charge is 0.303 e. The van der Waals surface area contributed by atoms with Crippen molar-refractivity contribution >= 4 is 17.6 Å². The summed E-state index contributed by atoms with van der Waals surface area (Å²) in [6.07, 6.45) is 3.60. The third-order valence-electron chi connectivity index (χ3n) is 4.40. The van der Waals surface area contributed by atoms with Crippen LogP contribution in [0.3, 0.4) is 0 Å². The van der Waals surface area contributed by atoms with Gasteiger partial charge in [-0.05, 0) is 36.5 Å². The average Bonchev–Trinajstić information content (AvgIpc) is 2.97. The van der Waals surface area contributed by atoms with E-state index in [0.29, 0.717) is 13.0 Å². The van der Waals surface area contributed by atoms with Crippen LogP contribution in [0.15, 0.2) is 36.5 Å². The molecule has 1 amide bonds. The van der Waals surface area contributed by atoms with Crippen LogP contribution in [0.4, 0.5) is 5.69 Å². The second-order valence-corrected chi connectivity index (χ2v) is 6.29. The van der Waals surface area contributed by atoms with E-state index < -0.39 is 5.97 Å². The minimum absolute atomic E-state index is 0.00109. The number of anilines is 1. The second-order valence-electron chi connectivity index (χ2n) is 6.29. The fraction of sp³-hybridized carbons (Fsp3) is 0.389. The van der Waals surface area contributed by atoms with Gasteiger partial charge < -0.3 is 10.0 Å². The van der Waals surface area contributed by atoms with Crippen molar-refractivity contribution in [2.75, 3.05) is 11.4 Å². The van der Waals surface area contributed by atoms with Crippen LogP contribution in [0.5, 0.6) is 0 Å². The van der Waals surface area contributed by atoms with Crippen LogP contribution in [0.2, 0.25) is 0 Å². The van der Waals surface area contributed by atoms with Gasteiger partial charge in [-0.25, -0.2) is 0 Å². The highest BCUT2D eigenvalue weighted by Gasteiger charge is 2.28. The molecule has 6 nitrogen and oxygen atoms in total. The Bertz CT molecular complexity index is 753. The maximum absolute atomic E-state index is 12.8. The van der Waals surface area contributed by atoms with Gasteiger partial charge in [0, 0.05) is 31.9 Å². The van der Waals surface area contributed by atoms with Crippen molar-refractivity contribution in [1.29, 1.82) is 0 Å². The van der Waals surface area contributed by atoms with Gasteiger partial charge in [0.05, 0.1) is 12.1 Å². The van der Waals surface area contributed by atoms with E-state index in [-0.39, 0.29) is 24.7 Å². The zero-order chi connectivity index (χ0) is 17.1. The van der Waals surface area contributed by atoms with E-state index in [4.69, 9.17) is 5.11 Å². The summed E-state index contributed by atoms with van der Waals surface area (Å²) in [6, 6.07) is 9.70. The molecule has 0 radical (unpaired) electrons. The largest absolute Gasteiger partial charge is 0.481 e. The van der Waals surface area contributed by atoms with E-state index >= 15 is 0 Å². The highest BCUT2D eigenvalue weighted by Crippen LogP contribution is 2.31. The number of aliphatic carboxylic acids is 1. The molecule has 2 aromatic rings. The monoisotopic (exact) mass is 327 g/mol. The summed E-state index contributed by atoms with van der Waals surface area (Å²) >= 11 is 0. The minimum Gasteiger partial charge on any atom is -0.481 e. The summed E-state index contributed by atoms with van der Waals surface area (Å²) in [5.74, 6) is -0.620. The molecule has 1 aliphatic rings. The zero-order valence-electron chi connectivity index (χ0n) is 13.7. The Balaban J connectivity index is 1.79. The summed E-state index contributed by atoms with van der Waals surface area (Å²) in [5, 5.41) is 13.2. The lowest BCUT2D eigenvalue weighted by atomic mass is 9.89. The molecule has 3 rings (SSSR count). The van der Waals surface area contributed by atoms with E-state index in [2.05, 4.69) is 5.10 Å². The lowest BCUT2D eigenvalue weighted by Gasteiger charge is -2.34. The fourth-order valence-corrected chi connectivity index (χ4v) is 3.24. The standard InChI is InChI=1S/C18H21N3O3/c1-20-9-8-15(19-20)11-17(22)21-12-13(6-7-18(23)24)10-14-4-2-3-5-16(14)21/h2-5,8-9,13H,6-7,10-12H2,1H3,(H,23,24). The molecule has 1 aromatic carbocycles. The first-order chi connectivity index (χ1) is 11.5. The van der Waals surface area contributed by atoms with Crippen LogP contribution in [0, 0.1) is 5.92 Å². The molecule has 0 saturated carbocycles. The quantitative estimate of drug-likeness (QED) is 0.912. The number of benzene rings is 1. The predicted octanol–water partition coefficient (Wildman–Crippen LogP) is 2.03. The number of aryl methyl sites for hydroxylation is 1. The fourth-order valence-electron chi connectivity index (χ4n) is 3.24. The highest BCUT2D eigenvalue weighted by molar-refractivity contribution is 5.95. The van der Waals surface area contributed by atoms with Crippen molar-refractivity contribution in [2.24, 2.45) is 13.0 Å². The molecule has 6 heteroatoms. The molecule has 0 fully saturated rings. The minimum atomic E-state index is -0.791. The Morgan fingerprint density at radius 1 is 1.29 bits per heavy atom. The summed E-state index contributed by atoms with van der Waals surface area (Å²) < 4.78 is 1.68. The number of rotatable bonds is 5. The molecule has 0 bridgehead atoms. The predicted molar refractivity (Wildman–Crippen MR) is 89.8 cm³/mol. The van der Waals surface area contributed by atoms with Crippen molar-refractivity contribution in [3.05, 3.63) is 47.8 Å². The first kappa shape index (κ1) is 16.2. The third kappa shape index (κ3) is 3.64. The summed E-state index contributed by atoms with van der Waals surface area (Å²) in [7, 11) is 1.83. The summed E-state index contributed by atoms with van der Waals surface area (Å²) in [6.45, 7) is 0.565. The molecule has 1 atom stereocenters. The Labute approximate surface area is 140 Å². The van der Waals surface area contributed by atoms with Gasteiger partial charge in [0.2, 0.25) is 5.91 Å². The number of hydrogen-bond acceptors (Lipinski definition) is 3. The maximum atomic E-state index is 12.8. The van der Waals surface area contributed by atoms with Crippen molar-refractivity contribution in [3.63, 3.8) is 0 Å². The Kier molecular flexibility index (Phi) is 4.64. The summed E-state index contributed by atoms with van der Waals surface area (Å²) in [4.78, 5) is 25.4. The topological polar surface area (TPSA) is 75.4 Å². The second kappa shape index (κ2) is 6.86. The number of hydrogen-bond donors (Lipinski definition) is 1. The first-order valence-electron chi connectivity index (χ1n) is 8.11. The number of amides is 1. The normalized spacial score (nSPS) is 16.7. The summed E-state index contributed by atoms with van der Waals surface area (Å²) in [5.41, 5.74) is 2.78. The number of fused-ring (bicyclic) bond motifs is 1. The van der Waals surface area contributed by atoms with Crippen molar-refractivity contribution in [1.82, 2.24) is 9.78 Å². The van der Waals surface area contributed by atoms with Gasteiger partial charge in [-0.3, -0.25) is 14.3 Å². The Morgan fingerprint density at radius 2 is 2.08 bits per heavy atom. The molecule has 1 aliphatic heterocycles. The van der Waals surface area contributed by atoms with E-state index in [1.54, 1.807) is 9.58 Å². The van der Waals surface area contributed by atoms with E-state index in [9.17, 15) is 9.59 Å². The SMILES string of the molecule is Cn1ccc(CC(=O)N2CC(CCC(=O)O)Cc3ccccc32)n1. The number of carbonyl (C=O) groups excluding carboxylic acids is 1.